The first-order valence-electron chi connectivity index (χ1n) is 4.13. The Labute approximate surface area is 74.1 Å². The maximum absolute atomic E-state index is 10.9. The third-order valence-corrected chi connectivity index (χ3v) is 2.07. The average molecular weight is 167 g/mol. The summed E-state index contributed by atoms with van der Waals surface area (Å²) in [6, 6.07) is 0. The number of carbonyl (C=O) groups excluding carboxylic acids is 1. The van der Waals surface area contributed by atoms with Crippen LogP contribution in [0.2, 0.25) is 0 Å². The second kappa shape index (κ2) is 4.75. The van der Waals surface area contributed by atoms with Crippen molar-refractivity contribution in [1.82, 2.24) is 0 Å². The van der Waals surface area contributed by atoms with Gasteiger partial charge in [-0.15, -0.1) is 0 Å². The van der Waals surface area contributed by atoms with E-state index in [0.29, 0.717) is 11.5 Å². The molecule has 0 saturated carbocycles. The van der Waals surface area contributed by atoms with Crippen LogP contribution >= 0.6 is 0 Å². The molecule has 0 aliphatic carbocycles. The number of amides is 1. The minimum absolute atomic E-state index is 0.195. The Morgan fingerprint density at radius 3 is 2.17 bits per heavy atom. The fraction of sp³-hybridized carbons (Fsp3) is 0.500. The molecule has 0 unspecified atom stereocenters. The predicted octanol–water partition coefficient (Wildman–Crippen LogP) is 1.88. The smallest absolute Gasteiger partial charge is 0.244 e. The predicted molar refractivity (Wildman–Crippen MR) is 51.5 cm³/mol. The van der Waals surface area contributed by atoms with E-state index in [9.17, 15) is 4.79 Å². The van der Waals surface area contributed by atoms with Gasteiger partial charge in [-0.2, -0.15) is 0 Å². The van der Waals surface area contributed by atoms with Gasteiger partial charge < -0.3 is 5.73 Å². The van der Waals surface area contributed by atoms with Crippen molar-refractivity contribution in [1.29, 1.82) is 0 Å². The number of nitrogens with two attached hydrogens (primary N) is 1. The van der Waals surface area contributed by atoms with E-state index in [1.165, 1.54) is 0 Å². The molecule has 0 heterocycles. The van der Waals surface area contributed by atoms with Gasteiger partial charge in [0.2, 0.25) is 5.91 Å². The van der Waals surface area contributed by atoms with Crippen molar-refractivity contribution in [2.75, 3.05) is 0 Å². The van der Waals surface area contributed by atoms with Crippen molar-refractivity contribution >= 4 is 5.91 Å². The highest BCUT2D eigenvalue weighted by atomic mass is 16.1. The van der Waals surface area contributed by atoms with Gasteiger partial charge in [-0.25, -0.2) is 0 Å². The number of allylic oxidation sites excluding steroid dienone is 2. The number of hydrogen-bond donors (Lipinski definition) is 1. The number of hydrogen-bond acceptors (Lipinski definition) is 1. The number of carbonyl (C=O) groups is 1. The van der Waals surface area contributed by atoms with Crippen LogP contribution in [0.5, 0.6) is 0 Å². The van der Waals surface area contributed by atoms with Gasteiger partial charge in [0.1, 0.15) is 0 Å². The van der Waals surface area contributed by atoms with Crippen molar-refractivity contribution in [3.8, 4) is 0 Å². The van der Waals surface area contributed by atoms with E-state index in [1.54, 1.807) is 12.2 Å². The molecule has 0 fully saturated rings. The van der Waals surface area contributed by atoms with Gasteiger partial charge in [0, 0.05) is 5.57 Å². The summed E-state index contributed by atoms with van der Waals surface area (Å²) >= 11 is 0. The zero-order chi connectivity index (χ0) is 9.72. The summed E-state index contributed by atoms with van der Waals surface area (Å²) in [4.78, 5) is 10.9. The van der Waals surface area contributed by atoms with E-state index >= 15 is 0 Å². The molecular formula is C10H17NO. The fourth-order valence-electron chi connectivity index (χ4n) is 0.944. The summed E-state index contributed by atoms with van der Waals surface area (Å²) in [5.74, 6) is 0.264. The van der Waals surface area contributed by atoms with Crippen LogP contribution in [-0.2, 0) is 4.79 Å². The van der Waals surface area contributed by atoms with Crippen LogP contribution in [0.1, 0.15) is 20.8 Å². The number of primary amides is 1. The molecule has 0 aromatic rings. The Morgan fingerprint density at radius 2 is 1.92 bits per heavy atom. The summed E-state index contributed by atoms with van der Waals surface area (Å²) < 4.78 is 0. The minimum Gasteiger partial charge on any atom is -0.366 e. The lowest BCUT2D eigenvalue weighted by molar-refractivity contribution is -0.115. The minimum atomic E-state index is -0.351. The van der Waals surface area contributed by atoms with Gasteiger partial charge in [0.25, 0.3) is 0 Å². The Morgan fingerprint density at radius 1 is 1.42 bits per heavy atom. The van der Waals surface area contributed by atoms with Crippen LogP contribution in [0.3, 0.4) is 0 Å². The van der Waals surface area contributed by atoms with Gasteiger partial charge in [-0.1, -0.05) is 39.5 Å². The van der Waals surface area contributed by atoms with Crippen LogP contribution in [0.15, 0.2) is 24.3 Å². The van der Waals surface area contributed by atoms with Crippen LogP contribution in [-0.4, -0.2) is 5.91 Å². The molecule has 2 nitrogen and oxygen atoms in total. The SMILES string of the molecule is C=C/C=C(/C(N)=O)[C@@H](C)C(C)C. The van der Waals surface area contributed by atoms with Crippen molar-refractivity contribution in [2.24, 2.45) is 17.6 Å². The molecule has 0 aliphatic heterocycles. The van der Waals surface area contributed by atoms with Crippen LogP contribution < -0.4 is 5.73 Å². The highest BCUT2D eigenvalue weighted by molar-refractivity contribution is 5.92. The second-order valence-electron chi connectivity index (χ2n) is 3.25. The summed E-state index contributed by atoms with van der Waals surface area (Å²) in [6.07, 6.45) is 3.28. The van der Waals surface area contributed by atoms with Crippen LogP contribution in [0.25, 0.3) is 0 Å². The molecule has 1 amide bonds. The standard InChI is InChI=1S/C10H17NO/c1-5-6-9(10(11)12)8(4)7(2)3/h5-8H,1H2,2-4H3,(H2,11,12)/b9-6+/t8-/m0/s1. The van der Waals surface area contributed by atoms with E-state index in [-0.39, 0.29) is 11.8 Å². The molecule has 0 spiro atoms. The maximum atomic E-state index is 10.9. The Hall–Kier alpha value is -1.05. The van der Waals surface area contributed by atoms with Gasteiger partial charge in [-0.3, -0.25) is 4.79 Å². The third kappa shape index (κ3) is 2.91. The lowest BCUT2D eigenvalue weighted by Gasteiger charge is -2.16. The van der Waals surface area contributed by atoms with Crippen molar-refractivity contribution < 1.29 is 4.79 Å². The molecule has 0 rings (SSSR count). The molecule has 0 saturated heterocycles. The fourth-order valence-corrected chi connectivity index (χ4v) is 0.944. The van der Waals surface area contributed by atoms with Gasteiger partial charge >= 0.3 is 0 Å². The molecule has 0 aromatic carbocycles. The summed E-state index contributed by atoms with van der Waals surface area (Å²) in [5.41, 5.74) is 5.86. The van der Waals surface area contributed by atoms with E-state index in [4.69, 9.17) is 5.73 Å². The summed E-state index contributed by atoms with van der Waals surface area (Å²) in [6.45, 7) is 9.65. The Kier molecular flexibility index (Phi) is 4.34. The topological polar surface area (TPSA) is 43.1 Å². The molecule has 2 N–H and O–H groups in total. The molecule has 1 atom stereocenters. The van der Waals surface area contributed by atoms with E-state index in [1.807, 2.05) is 6.92 Å². The molecule has 0 bridgehead atoms. The lowest BCUT2D eigenvalue weighted by atomic mass is 9.89. The molecule has 0 aliphatic rings. The first-order valence-corrected chi connectivity index (χ1v) is 4.13. The molecule has 68 valence electrons. The van der Waals surface area contributed by atoms with Gasteiger partial charge in [0.15, 0.2) is 0 Å². The average Bonchev–Trinajstić information content (AvgIpc) is 1.98. The van der Waals surface area contributed by atoms with Gasteiger partial charge in [0.05, 0.1) is 0 Å². The Bertz CT molecular complexity index is 204. The van der Waals surface area contributed by atoms with Crippen LogP contribution in [0.4, 0.5) is 0 Å². The maximum Gasteiger partial charge on any atom is 0.244 e. The highest BCUT2D eigenvalue weighted by Gasteiger charge is 2.16. The zero-order valence-electron chi connectivity index (χ0n) is 8.00. The van der Waals surface area contributed by atoms with E-state index < -0.39 is 0 Å². The third-order valence-electron chi connectivity index (χ3n) is 2.07. The highest BCUT2D eigenvalue weighted by Crippen LogP contribution is 2.19. The van der Waals surface area contributed by atoms with Crippen molar-refractivity contribution in [2.45, 2.75) is 20.8 Å². The first kappa shape index (κ1) is 11.0. The Balaban J connectivity index is 4.63. The molecule has 0 radical (unpaired) electrons. The summed E-state index contributed by atoms with van der Waals surface area (Å²) in [7, 11) is 0. The van der Waals surface area contributed by atoms with Crippen molar-refractivity contribution in [3.05, 3.63) is 24.3 Å². The van der Waals surface area contributed by atoms with E-state index in [0.717, 1.165) is 0 Å². The molecule has 12 heavy (non-hydrogen) atoms. The normalized spacial score (nSPS) is 14.5. The largest absolute Gasteiger partial charge is 0.366 e. The number of rotatable bonds is 4. The molecule has 2 heteroatoms. The lowest BCUT2D eigenvalue weighted by Crippen LogP contribution is -2.21. The quantitative estimate of drug-likeness (QED) is 0.504. The molecular weight excluding hydrogens is 150 g/mol. The van der Waals surface area contributed by atoms with Crippen LogP contribution in [0, 0.1) is 11.8 Å². The van der Waals surface area contributed by atoms with Gasteiger partial charge in [-0.05, 0) is 11.8 Å². The molecule has 0 aromatic heterocycles. The first-order chi connectivity index (χ1) is 5.50. The van der Waals surface area contributed by atoms with E-state index in [2.05, 4.69) is 20.4 Å². The zero-order valence-corrected chi connectivity index (χ0v) is 8.00. The second-order valence-corrected chi connectivity index (χ2v) is 3.25. The monoisotopic (exact) mass is 167 g/mol. The summed E-state index contributed by atoms with van der Waals surface area (Å²) in [5, 5.41) is 0. The van der Waals surface area contributed by atoms with Crippen molar-refractivity contribution in [3.63, 3.8) is 0 Å².